The van der Waals surface area contributed by atoms with Crippen LogP contribution in [0.1, 0.15) is 32.6 Å². The first kappa shape index (κ1) is 15.5. The maximum atomic E-state index is 5.78. The molecule has 22 heavy (non-hydrogen) atoms. The number of hydrogen-bond acceptors (Lipinski definition) is 6. The monoisotopic (exact) mass is 306 g/mol. The Labute approximate surface area is 132 Å². The van der Waals surface area contributed by atoms with Gasteiger partial charge in [0.05, 0.1) is 13.2 Å². The van der Waals surface area contributed by atoms with Crippen molar-refractivity contribution in [3.63, 3.8) is 0 Å². The fraction of sp³-hybridized carbons (Fsp3) is 0.750. The Morgan fingerprint density at radius 2 is 2.00 bits per heavy atom. The number of unbranched alkanes of at least 4 members (excludes halogenated alkanes) is 1. The highest BCUT2D eigenvalue weighted by molar-refractivity contribution is 5.43. The molecule has 3 rings (SSSR count). The summed E-state index contributed by atoms with van der Waals surface area (Å²) in [6.07, 6.45) is 5.99. The van der Waals surface area contributed by atoms with E-state index in [-0.39, 0.29) is 5.79 Å². The number of aromatic nitrogens is 2. The standard InChI is InChI=1S/C16H26N4O2/c1-3-4-9-19(2)15-17-8-5-14(18-15)20-10-6-16(7-11-20)21-12-13-22-16/h5,8H,3-4,6-7,9-13H2,1-2H3. The second kappa shape index (κ2) is 6.79. The summed E-state index contributed by atoms with van der Waals surface area (Å²) in [4.78, 5) is 13.5. The minimum atomic E-state index is -0.329. The van der Waals surface area contributed by atoms with E-state index in [0.29, 0.717) is 0 Å². The summed E-state index contributed by atoms with van der Waals surface area (Å²) in [7, 11) is 2.06. The normalized spacial score (nSPS) is 20.5. The fourth-order valence-corrected chi connectivity index (χ4v) is 3.06. The minimum absolute atomic E-state index is 0.329. The third-order valence-electron chi connectivity index (χ3n) is 4.48. The van der Waals surface area contributed by atoms with Crippen LogP contribution in [0, 0.1) is 0 Å². The number of hydrogen-bond donors (Lipinski definition) is 0. The molecular weight excluding hydrogens is 280 g/mol. The van der Waals surface area contributed by atoms with E-state index in [1.54, 1.807) is 0 Å². The average Bonchev–Trinajstić information content (AvgIpc) is 3.01. The van der Waals surface area contributed by atoms with Gasteiger partial charge in [-0.05, 0) is 12.5 Å². The molecule has 2 saturated heterocycles. The Balaban J connectivity index is 1.63. The lowest BCUT2D eigenvalue weighted by Crippen LogP contribution is -2.45. The Bertz CT molecular complexity index is 481. The van der Waals surface area contributed by atoms with Gasteiger partial charge in [-0.15, -0.1) is 0 Å². The SMILES string of the molecule is CCCCN(C)c1nccc(N2CCC3(CC2)OCCO3)n1. The molecule has 1 aromatic heterocycles. The van der Waals surface area contributed by atoms with Gasteiger partial charge in [0.2, 0.25) is 5.95 Å². The molecule has 122 valence electrons. The molecule has 2 aliphatic heterocycles. The summed E-state index contributed by atoms with van der Waals surface area (Å²) in [6.45, 7) is 6.45. The first-order chi connectivity index (χ1) is 10.7. The van der Waals surface area contributed by atoms with Gasteiger partial charge in [0.15, 0.2) is 5.79 Å². The quantitative estimate of drug-likeness (QED) is 0.830. The van der Waals surface area contributed by atoms with E-state index in [9.17, 15) is 0 Å². The van der Waals surface area contributed by atoms with Crippen LogP contribution in [0.3, 0.4) is 0 Å². The Morgan fingerprint density at radius 1 is 1.27 bits per heavy atom. The molecule has 0 unspecified atom stereocenters. The van der Waals surface area contributed by atoms with Crippen LogP contribution in [0.4, 0.5) is 11.8 Å². The smallest absolute Gasteiger partial charge is 0.226 e. The zero-order chi connectivity index (χ0) is 15.4. The van der Waals surface area contributed by atoms with Crippen LogP contribution in [-0.4, -0.2) is 55.7 Å². The summed E-state index contributed by atoms with van der Waals surface area (Å²) < 4.78 is 11.6. The maximum absolute atomic E-state index is 5.78. The minimum Gasteiger partial charge on any atom is -0.356 e. The predicted molar refractivity (Wildman–Crippen MR) is 86.3 cm³/mol. The molecule has 6 heteroatoms. The number of piperidine rings is 1. The second-order valence-corrected chi connectivity index (χ2v) is 6.08. The van der Waals surface area contributed by atoms with Gasteiger partial charge in [-0.25, -0.2) is 4.98 Å². The molecular formula is C16H26N4O2. The van der Waals surface area contributed by atoms with E-state index in [1.807, 2.05) is 12.3 Å². The second-order valence-electron chi connectivity index (χ2n) is 6.08. The topological polar surface area (TPSA) is 50.7 Å². The number of anilines is 2. The molecule has 0 N–H and O–H groups in total. The summed E-state index contributed by atoms with van der Waals surface area (Å²) >= 11 is 0. The third-order valence-corrected chi connectivity index (χ3v) is 4.48. The largest absolute Gasteiger partial charge is 0.356 e. The van der Waals surface area contributed by atoms with Crippen LogP contribution in [-0.2, 0) is 9.47 Å². The lowest BCUT2D eigenvalue weighted by atomic mass is 10.0. The Kier molecular flexibility index (Phi) is 4.78. The molecule has 1 spiro atoms. The van der Waals surface area contributed by atoms with Crippen LogP contribution < -0.4 is 9.80 Å². The predicted octanol–water partition coefficient (Wildman–Crippen LogP) is 2.06. The summed E-state index contributed by atoms with van der Waals surface area (Å²) in [5, 5.41) is 0. The molecule has 0 saturated carbocycles. The Hall–Kier alpha value is -1.40. The van der Waals surface area contributed by atoms with Gasteiger partial charge in [0.1, 0.15) is 5.82 Å². The Morgan fingerprint density at radius 3 is 2.68 bits per heavy atom. The fourth-order valence-electron chi connectivity index (χ4n) is 3.06. The molecule has 0 bridgehead atoms. The molecule has 0 amide bonds. The van der Waals surface area contributed by atoms with Gasteiger partial charge in [-0.3, -0.25) is 0 Å². The van der Waals surface area contributed by atoms with E-state index in [4.69, 9.17) is 14.5 Å². The zero-order valence-electron chi connectivity index (χ0n) is 13.6. The van der Waals surface area contributed by atoms with E-state index in [2.05, 4.69) is 28.8 Å². The molecule has 3 heterocycles. The lowest BCUT2D eigenvalue weighted by Gasteiger charge is -2.38. The van der Waals surface area contributed by atoms with E-state index >= 15 is 0 Å². The molecule has 2 fully saturated rings. The van der Waals surface area contributed by atoms with Gasteiger partial charge in [-0.1, -0.05) is 13.3 Å². The third kappa shape index (κ3) is 3.33. The highest BCUT2D eigenvalue weighted by Gasteiger charge is 2.40. The molecule has 0 atom stereocenters. The zero-order valence-corrected chi connectivity index (χ0v) is 13.6. The van der Waals surface area contributed by atoms with Crippen molar-refractivity contribution in [2.45, 2.75) is 38.4 Å². The van der Waals surface area contributed by atoms with Crippen LogP contribution in [0.25, 0.3) is 0 Å². The van der Waals surface area contributed by atoms with Crippen molar-refractivity contribution in [1.82, 2.24) is 9.97 Å². The first-order valence-electron chi connectivity index (χ1n) is 8.29. The van der Waals surface area contributed by atoms with Crippen molar-refractivity contribution in [2.75, 3.05) is 49.7 Å². The lowest BCUT2D eigenvalue weighted by molar-refractivity contribution is -0.169. The average molecular weight is 306 g/mol. The molecule has 0 aromatic carbocycles. The summed E-state index contributed by atoms with van der Waals surface area (Å²) in [6, 6.07) is 1.99. The van der Waals surface area contributed by atoms with Crippen molar-refractivity contribution < 1.29 is 9.47 Å². The van der Waals surface area contributed by atoms with Crippen LogP contribution in [0.5, 0.6) is 0 Å². The summed E-state index contributed by atoms with van der Waals surface area (Å²) in [5.41, 5.74) is 0. The van der Waals surface area contributed by atoms with E-state index in [0.717, 1.165) is 63.9 Å². The van der Waals surface area contributed by atoms with Crippen molar-refractivity contribution >= 4 is 11.8 Å². The highest BCUT2D eigenvalue weighted by atomic mass is 16.7. The summed E-state index contributed by atoms with van der Waals surface area (Å²) in [5.74, 6) is 1.48. The maximum Gasteiger partial charge on any atom is 0.226 e. The highest BCUT2D eigenvalue weighted by Crippen LogP contribution is 2.32. The van der Waals surface area contributed by atoms with Gasteiger partial charge in [0.25, 0.3) is 0 Å². The van der Waals surface area contributed by atoms with Gasteiger partial charge >= 0.3 is 0 Å². The number of nitrogens with zero attached hydrogens (tertiary/aromatic N) is 4. The van der Waals surface area contributed by atoms with E-state index < -0.39 is 0 Å². The number of rotatable bonds is 5. The van der Waals surface area contributed by atoms with Gasteiger partial charge in [0, 0.05) is 45.7 Å². The van der Waals surface area contributed by atoms with Gasteiger partial charge < -0.3 is 19.3 Å². The molecule has 1 aromatic rings. The van der Waals surface area contributed by atoms with Crippen molar-refractivity contribution in [3.05, 3.63) is 12.3 Å². The first-order valence-corrected chi connectivity index (χ1v) is 8.29. The molecule has 0 aliphatic carbocycles. The van der Waals surface area contributed by atoms with Crippen LogP contribution in [0.15, 0.2) is 12.3 Å². The van der Waals surface area contributed by atoms with Crippen molar-refractivity contribution in [3.8, 4) is 0 Å². The van der Waals surface area contributed by atoms with Crippen LogP contribution in [0.2, 0.25) is 0 Å². The number of ether oxygens (including phenoxy) is 2. The van der Waals surface area contributed by atoms with E-state index in [1.165, 1.54) is 6.42 Å². The van der Waals surface area contributed by atoms with Crippen LogP contribution >= 0.6 is 0 Å². The molecule has 2 aliphatic rings. The molecule has 0 radical (unpaired) electrons. The van der Waals surface area contributed by atoms with Crippen molar-refractivity contribution in [1.29, 1.82) is 0 Å². The molecule has 6 nitrogen and oxygen atoms in total. The van der Waals surface area contributed by atoms with Crippen molar-refractivity contribution in [2.24, 2.45) is 0 Å². The van der Waals surface area contributed by atoms with Gasteiger partial charge in [-0.2, -0.15) is 4.98 Å².